The first-order valence-corrected chi connectivity index (χ1v) is 9.54. The smallest absolute Gasteiger partial charge is 0.150 e. The highest BCUT2D eigenvalue weighted by Gasteiger charge is 2.20. The molecule has 0 aromatic heterocycles. The summed E-state index contributed by atoms with van der Waals surface area (Å²) in [6, 6.07) is 29.4. The summed E-state index contributed by atoms with van der Waals surface area (Å²) in [5, 5.41) is 0. The summed E-state index contributed by atoms with van der Waals surface area (Å²) in [6.45, 7) is 1.99. The van der Waals surface area contributed by atoms with Crippen molar-refractivity contribution in [2.24, 2.45) is 0 Å². The summed E-state index contributed by atoms with van der Waals surface area (Å²) in [6.07, 6.45) is 0.986. The molecule has 28 heavy (non-hydrogen) atoms. The molecular formula is C26H21NO. The van der Waals surface area contributed by atoms with E-state index in [0.29, 0.717) is 11.4 Å². The van der Waals surface area contributed by atoms with Gasteiger partial charge in [-0.25, -0.2) is 0 Å². The second-order valence-corrected chi connectivity index (χ2v) is 7.28. The van der Waals surface area contributed by atoms with Gasteiger partial charge in [0.05, 0.1) is 5.69 Å². The van der Waals surface area contributed by atoms with Gasteiger partial charge in [-0.2, -0.15) is 0 Å². The van der Waals surface area contributed by atoms with Crippen LogP contribution in [0.3, 0.4) is 0 Å². The highest BCUT2D eigenvalue weighted by Crippen LogP contribution is 2.41. The van der Waals surface area contributed by atoms with Gasteiger partial charge >= 0.3 is 0 Å². The molecule has 0 aliphatic heterocycles. The third-order valence-electron chi connectivity index (χ3n) is 5.53. The molecule has 5 rings (SSSR count). The third-order valence-corrected chi connectivity index (χ3v) is 5.53. The Morgan fingerprint density at radius 1 is 0.714 bits per heavy atom. The van der Waals surface area contributed by atoms with Crippen LogP contribution in [0.2, 0.25) is 0 Å². The van der Waals surface area contributed by atoms with Crippen LogP contribution in [0, 0.1) is 6.92 Å². The van der Waals surface area contributed by atoms with Gasteiger partial charge in [0.1, 0.15) is 5.75 Å². The number of fused-ring (bicyclic) bond motifs is 3. The van der Waals surface area contributed by atoms with Crippen LogP contribution >= 0.6 is 0 Å². The van der Waals surface area contributed by atoms with E-state index in [1.807, 2.05) is 37.3 Å². The highest BCUT2D eigenvalue weighted by atomic mass is 16.5. The summed E-state index contributed by atoms with van der Waals surface area (Å²) < 4.78 is 6.00. The van der Waals surface area contributed by atoms with E-state index >= 15 is 0 Å². The molecule has 136 valence electrons. The van der Waals surface area contributed by atoms with Crippen LogP contribution in [-0.4, -0.2) is 0 Å². The number of benzene rings is 4. The van der Waals surface area contributed by atoms with E-state index < -0.39 is 0 Å². The van der Waals surface area contributed by atoms with Crippen molar-refractivity contribution in [3.63, 3.8) is 0 Å². The first-order valence-electron chi connectivity index (χ1n) is 9.54. The molecule has 0 bridgehead atoms. The molecule has 1 aliphatic rings. The van der Waals surface area contributed by atoms with Crippen molar-refractivity contribution in [3.8, 4) is 33.8 Å². The number of hydrogen-bond acceptors (Lipinski definition) is 2. The predicted molar refractivity (Wildman–Crippen MR) is 116 cm³/mol. The number of nitrogens with two attached hydrogens (primary N) is 1. The van der Waals surface area contributed by atoms with E-state index in [1.54, 1.807) is 0 Å². The first kappa shape index (κ1) is 16.6. The SMILES string of the molecule is Cc1cccc(Oc2ccc(-c3cccc4c3Cc3ccccc3-4)cc2)c1N. The zero-order valence-electron chi connectivity index (χ0n) is 15.8. The Balaban J connectivity index is 1.47. The molecule has 0 saturated heterocycles. The molecule has 0 radical (unpaired) electrons. The molecule has 0 fully saturated rings. The van der Waals surface area contributed by atoms with Crippen molar-refractivity contribution in [1.82, 2.24) is 0 Å². The molecule has 0 amide bonds. The van der Waals surface area contributed by atoms with Crippen LogP contribution in [0.4, 0.5) is 5.69 Å². The summed E-state index contributed by atoms with van der Waals surface area (Å²) in [5.74, 6) is 1.49. The minimum Gasteiger partial charge on any atom is -0.455 e. The van der Waals surface area contributed by atoms with Gasteiger partial charge in [-0.15, -0.1) is 0 Å². The predicted octanol–water partition coefficient (Wildman–Crippen LogP) is 6.61. The molecule has 4 aromatic carbocycles. The second-order valence-electron chi connectivity index (χ2n) is 7.28. The Kier molecular flexibility index (Phi) is 3.91. The van der Waals surface area contributed by atoms with Crippen molar-refractivity contribution in [3.05, 3.63) is 102 Å². The standard InChI is InChI=1S/C26H21NO/c1-17-6-4-11-25(26(17)27)28-20-14-12-18(13-15-20)21-9-5-10-23-22-8-3-2-7-19(22)16-24(21)23/h2-15H,16,27H2,1H3. The maximum absolute atomic E-state index is 6.13. The van der Waals surface area contributed by atoms with Crippen LogP contribution in [-0.2, 0) is 6.42 Å². The van der Waals surface area contributed by atoms with E-state index in [0.717, 1.165) is 17.7 Å². The van der Waals surface area contributed by atoms with E-state index in [9.17, 15) is 0 Å². The molecule has 2 N–H and O–H groups in total. The molecule has 0 unspecified atom stereocenters. The molecule has 4 aromatic rings. The highest BCUT2D eigenvalue weighted by molar-refractivity contribution is 5.84. The van der Waals surface area contributed by atoms with Gasteiger partial charge in [0.25, 0.3) is 0 Å². The van der Waals surface area contributed by atoms with E-state index in [1.165, 1.54) is 33.4 Å². The first-order chi connectivity index (χ1) is 13.7. The molecule has 0 heterocycles. The van der Waals surface area contributed by atoms with E-state index in [2.05, 4.69) is 54.6 Å². The number of aryl methyl sites for hydroxylation is 1. The Morgan fingerprint density at radius 3 is 2.29 bits per heavy atom. The number of hydrogen-bond donors (Lipinski definition) is 1. The minimum absolute atomic E-state index is 0.685. The minimum atomic E-state index is 0.685. The van der Waals surface area contributed by atoms with Gasteiger partial charge in [0.2, 0.25) is 0 Å². The maximum atomic E-state index is 6.13. The van der Waals surface area contributed by atoms with E-state index in [-0.39, 0.29) is 0 Å². The Labute approximate surface area is 165 Å². The van der Waals surface area contributed by atoms with Crippen LogP contribution in [0.25, 0.3) is 22.3 Å². The van der Waals surface area contributed by atoms with Gasteiger partial charge in [-0.3, -0.25) is 0 Å². The Hall–Kier alpha value is -3.52. The van der Waals surface area contributed by atoms with Gasteiger partial charge in [0.15, 0.2) is 5.75 Å². The van der Waals surface area contributed by atoms with Gasteiger partial charge in [-0.05, 0) is 70.5 Å². The van der Waals surface area contributed by atoms with Crippen molar-refractivity contribution in [1.29, 1.82) is 0 Å². The van der Waals surface area contributed by atoms with Gasteiger partial charge < -0.3 is 10.5 Å². The quantitative estimate of drug-likeness (QED) is 0.366. The van der Waals surface area contributed by atoms with Crippen molar-refractivity contribution in [2.75, 3.05) is 5.73 Å². The third kappa shape index (κ3) is 2.74. The van der Waals surface area contributed by atoms with Crippen LogP contribution < -0.4 is 10.5 Å². The average Bonchev–Trinajstić information content (AvgIpc) is 3.11. The van der Waals surface area contributed by atoms with Gasteiger partial charge in [-0.1, -0.05) is 66.7 Å². The zero-order chi connectivity index (χ0) is 19.1. The molecular weight excluding hydrogens is 342 g/mol. The lowest BCUT2D eigenvalue weighted by molar-refractivity contribution is 0.485. The average molecular weight is 363 g/mol. The van der Waals surface area contributed by atoms with Crippen LogP contribution in [0.5, 0.6) is 11.5 Å². The molecule has 2 nitrogen and oxygen atoms in total. The number of para-hydroxylation sites is 1. The van der Waals surface area contributed by atoms with Crippen molar-refractivity contribution >= 4 is 5.69 Å². The second kappa shape index (κ2) is 6.58. The lowest BCUT2D eigenvalue weighted by Gasteiger charge is -2.12. The molecule has 0 atom stereocenters. The molecule has 0 saturated carbocycles. The Bertz CT molecular complexity index is 1180. The van der Waals surface area contributed by atoms with Gasteiger partial charge in [0, 0.05) is 0 Å². The molecule has 2 heteroatoms. The lowest BCUT2D eigenvalue weighted by Crippen LogP contribution is -1.94. The Morgan fingerprint density at radius 2 is 1.43 bits per heavy atom. The summed E-state index contributed by atoms with van der Waals surface area (Å²) in [4.78, 5) is 0. The fourth-order valence-electron chi connectivity index (χ4n) is 4.00. The summed E-state index contributed by atoms with van der Waals surface area (Å²) in [7, 11) is 0. The monoisotopic (exact) mass is 363 g/mol. The lowest BCUT2D eigenvalue weighted by atomic mass is 9.96. The zero-order valence-corrected chi connectivity index (χ0v) is 15.8. The normalized spacial score (nSPS) is 11.8. The number of rotatable bonds is 3. The topological polar surface area (TPSA) is 35.2 Å². The van der Waals surface area contributed by atoms with Crippen molar-refractivity contribution in [2.45, 2.75) is 13.3 Å². The largest absolute Gasteiger partial charge is 0.455 e. The van der Waals surface area contributed by atoms with Crippen LogP contribution in [0.15, 0.2) is 84.9 Å². The summed E-state index contributed by atoms with van der Waals surface area (Å²) >= 11 is 0. The fourth-order valence-corrected chi connectivity index (χ4v) is 4.00. The fraction of sp³-hybridized carbons (Fsp3) is 0.0769. The maximum Gasteiger partial charge on any atom is 0.150 e. The summed E-state index contributed by atoms with van der Waals surface area (Å²) in [5.41, 5.74) is 15.8. The number of nitrogen functional groups attached to an aromatic ring is 1. The molecule has 1 aliphatic carbocycles. The van der Waals surface area contributed by atoms with E-state index in [4.69, 9.17) is 10.5 Å². The van der Waals surface area contributed by atoms with Crippen molar-refractivity contribution < 1.29 is 4.74 Å². The van der Waals surface area contributed by atoms with Crippen LogP contribution in [0.1, 0.15) is 16.7 Å². The number of ether oxygens (including phenoxy) is 1. The molecule has 0 spiro atoms. The number of anilines is 1.